The first-order valence-corrected chi connectivity index (χ1v) is 10.5. The summed E-state index contributed by atoms with van der Waals surface area (Å²) in [5.74, 6) is 3.07. The van der Waals surface area contributed by atoms with Gasteiger partial charge < -0.3 is 20.3 Å². The Hall–Kier alpha value is -0.670. The van der Waals surface area contributed by atoms with Gasteiger partial charge in [-0.2, -0.15) is 11.8 Å². The van der Waals surface area contributed by atoms with Gasteiger partial charge in [-0.25, -0.2) is 4.99 Å². The highest BCUT2D eigenvalue weighted by Gasteiger charge is 2.29. The van der Waals surface area contributed by atoms with Crippen LogP contribution in [0.4, 0.5) is 0 Å². The number of hydrogen-bond acceptors (Lipinski definition) is 4. The molecule has 7 heteroatoms. The molecule has 1 atom stereocenters. The van der Waals surface area contributed by atoms with Crippen LogP contribution in [0.15, 0.2) is 29.3 Å². The van der Waals surface area contributed by atoms with Gasteiger partial charge in [0.25, 0.3) is 0 Å². The highest BCUT2D eigenvalue weighted by molar-refractivity contribution is 14.0. The van der Waals surface area contributed by atoms with Crippen molar-refractivity contribution < 1.29 is 4.74 Å². The Labute approximate surface area is 186 Å². The molecule has 0 radical (unpaired) electrons. The van der Waals surface area contributed by atoms with Crippen molar-refractivity contribution in [2.24, 2.45) is 4.99 Å². The summed E-state index contributed by atoms with van der Waals surface area (Å²) in [4.78, 5) is 6.89. The van der Waals surface area contributed by atoms with E-state index in [1.165, 1.54) is 18.6 Å². The zero-order chi connectivity index (χ0) is 18.8. The molecule has 1 aliphatic rings. The van der Waals surface area contributed by atoms with Gasteiger partial charge in [-0.15, -0.1) is 24.0 Å². The quantitative estimate of drug-likeness (QED) is 0.305. The molecule has 1 heterocycles. The summed E-state index contributed by atoms with van der Waals surface area (Å²) < 4.78 is 6.27. The van der Waals surface area contributed by atoms with Crippen LogP contribution < -0.4 is 15.4 Å². The number of para-hydroxylation sites is 1. The first kappa shape index (κ1) is 24.4. The van der Waals surface area contributed by atoms with Crippen LogP contribution in [0.2, 0.25) is 0 Å². The first-order chi connectivity index (χ1) is 12.5. The molecule has 1 aromatic rings. The molecule has 0 aromatic heterocycles. The monoisotopic (exact) mass is 506 g/mol. The van der Waals surface area contributed by atoms with Gasteiger partial charge in [0.15, 0.2) is 5.96 Å². The molecule has 0 spiro atoms. The van der Waals surface area contributed by atoms with Gasteiger partial charge in [-0.1, -0.05) is 18.2 Å². The fourth-order valence-electron chi connectivity index (χ4n) is 2.87. The van der Waals surface area contributed by atoms with E-state index in [0.29, 0.717) is 17.9 Å². The van der Waals surface area contributed by atoms with E-state index in [0.717, 1.165) is 36.9 Å². The second kappa shape index (κ2) is 12.7. The first-order valence-electron chi connectivity index (χ1n) is 9.54. The number of nitrogens with one attached hydrogen (secondary N) is 2. The Morgan fingerprint density at radius 1 is 1.30 bits per heavy atom. The highest BCUT2D eigenvalue weighted by atomic mass is 127. The van der Waals surface area contributed by atoms with Crippen LogP contribution in [0.25, 0.3) is 0 Å². The molecule has 0 bridgehead atoms. The van der Waals surface area contributed by atoms with E-state index in [4.69, 9.17) is 9.73 Å². The fraction of sp³-hybridized carbons (Fsp3) is 0.650. The summed E-state index contributed by atoms with van der Waals surface area (Å²) >= 11 is 2.06. The second-order valence-electron chi connectivity index (χ2n) is 7.21. The third kappa shape index (κ3) is 8.91. The Morgan fingerprint density at radius 3 is 2.74 bits per heavy atom. The molecule has 1 aliphatic heterocycles. The standard InChI is InChI=1S/C20H34N4OS.HI/c1-5-21-19(23-16-20(2)11-8-14-26-20)22-15-17-9-6-7-10-18(17)25-13-12-24(3)4;/h6-7,9-10H,5,8,11-16H2,1-4H3,(H2,21,22,23);1H. The number of thioether (sulfide) groups is 1. The predicted molar refractivity (Wildman–Crippen MR) is 129 cm³/mol. The van der Waals surface area contributed by atoms with Crippen molar-refractivity contribution in [3.05, 3.63) is 29.8 Å². The lowest BCUT2D eigenvalue weighted by Gasteiger charge is -2.24. The van der Waals surface area contributed by atoms with Crippen molar-refractivity contribution >= 4 is 41.7 Å². The molecule has 1 aromatic carbocycles. The van der Waals surface area contributed by atoms with Crippen molar-refractivity contribution in [1.82, 2.24) is 15.5 Å². The van der Waals surface area contributed by atoms with Crippen molar-refractivity contribution in [2.75, 3.05) is 46.1 Å². The molecule has 1 unspecified atom stereocenters. The molecule has 1 fully saturated rings. The fourth-order valence-corrected chi connectivity index (χ4v) is 4.11. The summed E-state index contributed by atoms with van der Waals surface area (Å²) in [6, 6.07) is 8.17. The number of rotatable bonds is 9. The topological polar surface area (TPSA) is 48.9 Å². The van der Waals surface area contributed by atoms with Crippen molar-refractivity contribution in [3.63, 3.8) is 0 Å². The van der Waals surface area contributed by atoms with E-state index < -0.39 is 0 Å². The molecule has 0 amide bonds. The number of benzene rings is 1. The van der Waals surface area contributed by atoms with Crippen LogP contribution in [0.1, 0.15) is 32.3 Å². The molecule has 2 N–H and O–H groups in total. The van der Waals surface area contributed by atoms with Gasteiger partial charge in [0, 0.05) is 29.9 Å². The Balaban J connectivity index is 0.00000364. The second-order valence-corrected chi connectivity index (χ2v) is 8.89. The number of likely N-dealkylation sites (N-methyl/N-ethyl adjacent to an activating group) is 1. The van der Waals surface area contributed by atoms with Crippen molar-refractivity contribution in [2.45, 2.75) is 38.0 Å². The SMILES string of the molecule is CCNC(=NCc1ccccc1OCCN(C)C)NCC1(C)CCCS1.I. The van der Waals surface area contributed by atoms with E-state index in [2.05, 4.69) is 61.3 Å². The van der Waals surface area contributed by atoms with Crippen LogP contribution in [0.5, 0.6) is 5.75 Å². The van der Waals surface area contributed by atoms with E-state index in [1.807, 2.05) is 18.2 Å². The minimum atomic E-state index is 0. The maximum atomic E-state index is 5.94. The van der Waals surface area contributed by atoms with Crippen LogP contribution in [-0.2, 0) is 6.54 Å². The zero-order valence-corrected chi connectivity index (χ0v) is 20.2. The van der Waals surface area contributed by atoms with E-state index >= 15 is 0 Å². The highest BCUT2D eigenvalue weighted by Crippen LogP contribution is 2.36. The molecule has 2 rings (SSSR count). The van der Waals surface area contributed by atoms with Crippen LogP contribution in [-0.4, -0.2) is 61.7 Å². The number of guanidine groups is 1. The summed E-state index contributed by atoms with van der Waals surface area (Å²) in [5, 5.41) is 6.88. The lowest BCUT2D eigenvalue weighted by atomic mass is 10.1. The summed E-state index contributed by atoms with van der Waals surface area (Å²) in [7, 11) is 4.11. The Kier molecular flexibility index (Phi) is 11.5. The van der Waals surface area contributed by atoms with Gasteiger partial charge in [0.05, 0.1) is 6.54 Å². The largest absolute Gasteiger partial charge is 0.492 e. The number of aliphatic imine (C=N–C) groups is 1. The van der Waals surface area contributed by atoms with Crippen LogP contribution in [0, 0.1) is 0 Å². The number of ether oxygens (including phenoxy) is 1. The molecule has 154 valence electrons. The van der Waals surface area contributed by atoms with Crippen LogP contribution >= 0.6 is 35.7 Å². The zero-order valence-electron chi connectivity index (χ0n) is 17.1. The third-order valence-electron chi connectivity index (χ3n) is 4.45. The molecule has 5 nitrogen and oxygen atoms in total. The van der Waals surface area contributed by atoms with Crippen molar-refractivity contribution in [3.8, 4) is 5.75 Å². The summed E-state index contributed by atoms with van der Waals surface area (Å²) in [5.41, 5.74) is 1.12. The minimum Gasteiger partial charge on any atom is -0.492 e. The number of hydrogen-bond donors (Lipinski definition) is 2. The Bertz CT molecular complexity index is 577. The van der Waals surface area contributed by atoms with E-state index in [-0.39, 0.29) is 24.0 Å². The summed E-state index contributed by atoms with van der Waals surface area (Å²) in [6.45, 7) is 8.44. The number of halogens is 1. The maximum Gasteiger partial charge on any atom is 0.191 e. The molecule has 27 heavy (non-hydrogen) atoms. The van der Waals surface area contributed by atoms with Gasteiger partial charge in [0.1, 0.15) is 12.4 Å². The number of nitrogens with zero attached hydrogens (tertiary/aromatic N) is 2. The molecular weight excluding hydrogens is 471 g/mol. The minimum absolute atomic E-state index is 0. The maximum absolute atomic E-state index is 5.94. The third-order valence-corrected chi connectivity index (χ3v) is 5.99. The molecule has 1 saturated heterocycles. The van der Waals surface area contributed by atoms with Gasteiger partial charge in [-0.3, -0.25) is 0 Å². The summed E-state index contributed by atoms with van der Waals surface area (Å²) in [6.07, 6.45) is 2.58. The van der Waals surface area contributed by atoms with Gasteiger partial charge in [-0.05, 0) is 52.6 Å². The van der Waals surface area contributed by atoms with Gasteiger partial charge >= 0.3 is 0 Å². The Morgan fingerprint density at radius 2 is 2.07 bits per heavy atom. The normalized spacial score (nSPS) is 19.7. The van der Waals surface area contributed by atoms with Crippen LogP contribution in [0.3, 0.4) is 0 Å². The lowest BCUT2D eigenvalue weighted by molar-refractivity contribution is 0.259. The lowest BCUT2D eigenvalue weighted by Crippen LogP contribution is -2.43. The average molecular weight is 506 g/mol. The smallest absolute Gasteiger partial charge is 0.191 e. The van der Waals surface area contributed by atoms with E-state index in [9.17, 15) is 0 Å². The van der Waals surface area contributed by atoms with Crippen molar-refractivity contribution in [1.29, 1.82) is 0 Å². The van der Waals surface area contributed by atoms with E-state index in [1.54, 1.807) is 0 Å². The molecule has 0 saturated carbocycles. The molecule has 0 aliphatic carbocycles. The predicted octanol–water partition coefficient (Wildman–Crippen LogP) is 3.59. The molecular formula is C20H35IN4OS. The van der Waals surface area contributed by atoms with Gasteiger partial charge in [0.2, 0.25) is 0 Å². The average Bonchev–Trinajstić information content (AvgIpc) is 3.05.